The van der Waals surface area contributed by atoms with Gasteiger partial charge in [-0.15, -0.1) is 0 Å². The van der Waals surface area contributed by atoms with Crippen molar-refractivity contribution in [1.82, 2.24) is 4.90 Å². The van der Waals surface area contributed by atoms with Gasteiger partial charge in [-0.05, 0) is 60.2 Å². The lowest BCUT2D eigenvalue weighted by Crippen LogP contribution is -2.34. The Morgan fingerprint density at radius 2 is 1.34 bits per heavy atom. The number of carbonyl (C=O) groups excluding carboxylic acids is 2. The number of ether oxygens (including phenoxy) is 1. The van der Waals surface area contributed by atoms with E-state index in [0.29, 0.717) is 24.4 Å². The largest absolute Gasteiger partial charge is 0.546 e. The molecule has 0 N–H and O–H groups in total. The van der Waals surface area contributed by atoms with Crippen LogP contribution in [-0.2, 0) is 11.2 Å². The number of amides is 1. The highest BCUT2D eigenvalue weighted by Gasteiger charge is 2.20. The van der Waals surface area contributed by atoms with E-state index in [4.69, 9.17) is 4.74 Å². The topological polar surface area (TPSA) is 69.7 Å². The lowest BCUT2D eigenvalue weighted by atomic mass is 9.88. The number of carboxylic acid groups (broad SMARTS) is 1. The Morgan fingerprint density at radius 1 is 0.737 bits per heavy atom. The number of aliphatic carboxylic acids is 1. The molecule has 0 fully saturated rings. The fraction of sp³-hybridized carbons (Fsp3) is 0.212. The Balaban J connectivity index is 1.47. The summed E-state index contributed by atoms with van der Waals surface area (Å²) in [4.78, 5) is 26.2. The Labute approximate surface area is 224 Å². The van der Waals surface area contributed by atoms with E-state index in [-0.39, 0.29) is 11.8 Å². The summed E-state index contributed by atoms with van der Waals surface area (Å²) in [6.07, 6.45) is 2.31. The molecule has 0 radical (unpaired) electrons. The van der Waals surface area contributed by atoms with Crippen LogP contribution in [0.3, 0.4) is 0 Å². The molecule has 0 aliphatic rings. The summed E-state index contributed by atoms with van der Waals surface area (Å²) >= 11 is 0. The monoisotopic (exact) mass is 506 g/mol. The van der Waals surface area contributed by atoms with Crippen LogP contribution in [0.2, 0.25) is 0 Å². The van der Waals surface area contributed by atoms with E-state index in [1.807, 2.05) is 65.6 Å². The Bertz CT molecular complexity index is 1250. The van der Waals surface area contributed by atoms with E-state index in [1.165, 1.54) is 11.1 Å². The minimum absolute atomic E-state index is 0.0246. The van der Waals surface area contributed by atoms with E-state index in [9.17, 15) is 14.7 Å². The third kappa shape index (κ3) is 7.81. The van der Waals surface area contributed by atoms with Gasteiger partial charge in [-0.25, -0.2) is 0 Å². The van der Waals surface area contributed by atoms with E-state index in [1.54, 1.807) is 6.07 Å². The van der Waals surface area contributed by atoms with Crippen LogP contribution in [-0.4, -0.2) is 36.5 Å². The molecule has 4 aromatic rings. The van der Waals surface area contributed by atoms with Crippen molar-refractivity contribution in [3.05, 3.63) is 138 Å². The summed E-state index contributed by atoms with van der Waals surface area (Å²) in [7, 11) is 0. The van der Waals surface area contributed by atoms with Crippen molar-refractivity contribution in [1.29, 1.82) is 0 Å². The summed E-state index contributed by atoms with van der Waals surface area (Å²) in [5, 5.41) is 10.7. The standard InChI is InChI=1S/C33H33NO4/c35-32(36)25-38-30-20-10-12-26(24-30)13-11-22-34(33(37)29-18-8-3-9-19-29)23-21-31(27-14-4-1-5-15-27)28-16-6-2-7-17-28/h1-10,12,14-20,24,31H,11,13,21-23,25H2,(H,35,36)/p-1. The zero-order chi connectivity index (χ0) is 26.6. The van der Waals surface area contributed by atoms with Crippen LogP contribution in [0.25, 0.3) is 0 Å². The molecule has 5 nitrogen and oxygen atoms in total. The van der Waals surface area contributed by atoms with Gasteiger partial charge in [0.2, 0.25) is 0 Å². The van der Waals surface area contributed by atoms with Crippen LogP contribution < -0.4 is 9.84 Å². The Kier molecular flexibility index (Phi) is 9.69. The molecule has 0 aliphatic carbocycles. The first kappa shape index (κ1) is 26.7. The molecular weight excluding hydrogens is 474 g/mol. The molecule has 0 heterocycles. The van der Waals surface area contributed by atoms with Crippen molar-refractivity contribution in [2.24, 2.45) is 0 Å². The van der Waals surface area contributed by atoms with Crippen LogP contribution >= 0.6 is 0 Å². The lowest BCUT2D eigenvalue weighted by Gasteiger charge is -2.26. The van der Waals surface area contributed by atoms with Crippen LogP contribution in [0.4, 0.5) is 0 Å². The van der Waals surface area contributed by atoms with E-state index >= 15 is 0 Å². The first-order valence-electron chi connectivity index (χ1n) is 13.0. The van der Waals surface area contributed by atoms with Gasteiger partial charge < -0.3 is 19.5 Å². The lowest BCUT2D eigenvalue weighted by molar-refractivity contribution is -0.307. The fourth-order valence-electron chi connectivity index (χ4n) is 4.67. The van der Waals surface area contributed by atoms with Gasteiger partial charge >= 0.3 is 0 Å². The maximum Gasteiger partial charge on any atom is 0.253 e. The molecule has 0 aromatic heterocycles. The van der Waals surface area contributed by atoms with E-state index < -0.39 is 12.6 Å². The number of aryl methyl sites for hydroxylation is 1. The number of nitrogens with zero attached hydrogens (tertiary/aromatic N) is 1. The zero-order valence-corrected chi connectivity index (χ0v) is 21.4. The predicted molar refractivity (Wildman–Crippen MR) is 147 cm³/mol. The van der Waals surface area contributed by atoms with Crippen molar-refractivity contribution in [3.63, 3.8) is 0 Å². The summed E-state index contributed by atoms with van der Waals surface area (Å²) in [6.45, 7) is 0.748. The average molecular weight is 507 g/mol. The van der Waals surface area contributed by atoms with Crippen molar-refractivity contribution >= 4 is 11.9 Å². The maximum atomic E-state index is 13.5. The van der Waals surface area contributed by atoms with Gasteiger partial charge in [0.25, 0.3) is 5.91 Å². The van der Waals surface area contributed by atoms with Crippen molar-refractivity contribution in [2.75, 3.05) is 19.7 Å². The van der Waals surface area contributed by atoms with Crippen LogP contribution in [0.1, 0.15) is 45.8 Å². The average Bonchev–Trinajstić information content (AvgIpc) is 2.97. The zero-order valence-electron chi connectivity index (χ0n) is 21.4. The number of rotatable bonds is 13. The smallest absolute Gasteiger partial charge is 0.253 e. The molecule has 194 valence electrons. The molecule has 0 saturated heterocycles. The number of carboxylic acids is 1. The second kappa shape index (κ2) is 13.8. The first-order chi connectivity index (χ1) is 18.6. The highest BCUT2D eigenvalue weighted by Crippen LogP contribution is 2.28. The third-order valence-corrected chi connectivity index (χ3v) is 6.55. The minimum Gasteiger partial charge on any atom is -0.546 e. The highest BCUT2D eigenvalue weighted by molar-refractivity contribution is 5.94. The Hall–Kier alpha value is -4.38. The van der Waals surface area contributed by atoms with Gasteiger partial charge in [0, 0.05) is 24.6 Å². The molecule has 4 rings (SSSR count). The van der Waals surface area contributed by atoms with Crippen molar-refractivity contribution in [2.45, 2.75) is 25.2 Å². The summed E-state index contributed by atoms with van der Waals surface area (Å²) in [5.74, 6) is -0.551. The number of benzene rings is 4. The Morgan fingerprint density at radius 3 is 1.95 bits per heavy atom. The predicted octanol–water partition coefficient (Wildman–Crippen LogP) is 5.11. The second-order valence-corrected chi connectivity index (χ2v) is 9.23. The molecule has 38 heavy (non-hydrogen) atoms. The third-order valence-electron chi connectivity index (χ3n) is 6.55. The maximum absolute atomic E-state index is 13.5. The molecule has 1 amide bonds. The minimum atomic E-state index is -1.25. The van der Waals surface area contributed by atoms with Crippen LogP contribution in [0, 0.1) is 0 Å². The quantitative estimate of drug-likeness (QED) is 0.253. The van der Waals surface area contributed by atoms with Gasteiger partial charge in [-0.2, -0.15) is 0 Å². The SMILES string of the molecule is O=C([O-])COc1cccc(CCCN(CCC(c2ccccc2)c2ccccc2)C(=O)c2ccccc2)c1. The number of carbonyl (C=O) groups is 2. The normalized spacial score (nSPS) is 10.8. The highest BCUT2D eigenvalue weighted by atomic mass is 16.5. The van der Waals surface area contributed by atoms with E-state index in [0.717, 1.165) is 24.8 Å². The summed E-state index contributed by atoms with van der Waals surface area (Å²) in [6, 6.07) is 37.7. The molecule has 0 aliphatic heterocycles. The van der Waals surface area contributed by atoms with Crippen molar-refractivity contribution in [3.8, 4) is 5.75 Å². The molecule has 0 spiro atoms. The van der Waals surface area contributed by atoms with Gasteiger partial charge in [0.05, 0.1) is 5.97 Å². The second-order valence-electron chi connectivity index (χ2n) is 9.23. The first-order valence-corrected chi connectivity index (χ1v) is 13.0. The van der Waals surface area contributed by atoms with Gasteiger partial charge in [0.1, 0.15) is 12.4 Å². The molecule has 0 bridgehead atoms. The van der Waals surface area contributed by atoms with Crippen molar-refractivity contribution < 1.29 is 19.4 Å². The number of hydrogen-bond acceptors (Lipinski definition) is 4. The summed E-state index contributed by atoms with van der Waals surface area (Å²) < 4.78 is 5.25. The van der Waals surface area contributed by atoms with Gasteiger partial charge in [0.15, 0.2) is 0 Å². The van der Waals surface area contributed by atoms with Gasteiger partial charge in [-0.3, -0.25) is 4.79 Å². The van der Waals surface area contributed by atoms with Crippen LogP contribution in [0.5, 0.6) is 5.75 Å². The summed E-state index contributed by atoms with van der Waals surface area (Å²) in [5.41, 5.74) is 4.18. The molecule has 5 heteroatoms. The van der Waals surface area contributed by atoms with E-state index in [2.05, 4.69) is 48.5 Å². The molecule has 0 unspecified atom stereocenters. The molecule has 0 atom stereocenters. The molecular formula is C33H32NO4-. The fourth-order valence-corrected chi connectivity index (χ4v) is 4.67. The number of hydrogen-bond donors (Lipinski definition) is 0. The van der Waals surface area contributed by atoms with Gasteiger partial charge in [-0.1, -0.05) is 91.0 Å². The molecule has 0 saturated carbocycles. The van der Waals surface area contributed by atoms with Crippen LogP contribution in [0.15, 0.2) is 115 Å². The molecule has 4 aromatic carbocycles.